The van der Waals surface area contributed by atoms with E-state index in [0.717, 1.165) is 33.3 Å². The normalized spacial score (nSPS) is 16.3. The Bertz CT molecular complexity index is 1390. The van der Waals surface area contributed by atoms with E-state index in [0.29, 0.717) is 12.0 Å². The molecule has 5 rings (SSSR count). The van der Waals surface area contributed by atoms with Crippen molar-refractivity contribution in [2.45, 2.75) is 32.4 Å². The Balaban J connectivity index is 1.85. The minimum atomic E-state index is -0.701. The van der Waals surface area contributed by atoms with Gasteiger partial charge in [-0.25, -0.2) is 0 Å². The third-order valence-electron chi connectivity index (χ3n) is 6.82. The van der Waals surface area contributed by atoms with E-state index < -0.39 is 18.0 Å². The number of fused-ring (bicyclic) bond motifs is 2. The monoisotopic (exact) mass is 451 g/mol. The van der Waals surface area contributed by atoms with Gasteiger partial charge in [0.1, 0.15) is 6.04 Å². The van der Waals surface area contributed by atoms with Crippen LogP contribution in [-0.2, 0) is 11.8 Å². The number of primary amides is 1. The molecular formula is C29H29N3O2. The Hall–Kier alpha value is -3.86. The van der Waals surface area contributed by atoms with Crippen LogP contribution >= 0.6 is 0 Å². The van der Waals surface area contributed by atoms with Crippen molar-refractivity contribution < 1.29 is 9.59 Å². The van der Waals surface area contributed by atoms with E-state index >= 15 is 0 Å². The summed E-state index contributed by atoms with van der Waals surface area (Å²) in [5.74, 6) is -0.408. The first kappa shape index (κ1) is 22.0. The summed E-state index contributed by atoms with van der Waals surface area (Å²) in [4.78, 5) is 28.3. The van der Waals surface area contributed by atoms with Gasteiger partial charge in [-0.15, -0.1) is 0 Å². The number of carbonyl (C=O) groups is 2. The zero-order chi connectivity index (χ0) is 24.0. The van der Waals surface area contributed by atoms with Crippen molar-refractivity contribution in [2.24, 2.45) is 18.7 Å². The van der Waals surface area contributed by atoms with E-state index in [2.05, 4.69) is 35.9 Å². The molecule has 4 aromatic rings. The molecule has 1 aliphatic rings. The summed E-state index contributed by atoms with van der Waals surface area (Å²) >= 11 is 0. The first-order chi connectivity index (χ1) is 16.4. The lowest BCUT2D eigenvalue weighted by Gasteiger charge is -2.33. The summed E-state index contributed by atoms with van der Waals surface area (Å²) in [6.07, 6.45) is 0.511. The molecule has 5 nitrogen and oxygen atoms in total. The molecule has 1 aromatic heterocycles. The molecule has 0 saturated carbocycles. The maximum Gasteiger partial charge on any atom is 0.255 e. The van der Waals surface area contributed by atoms with Gasteiger partial charge in [0, 0.05) is 29.1 Å². The van der Waals surface area contributed by atoms with Crippen LogP contribution in [0, 0.1) is 5.92 Å². The van der Waals surface area contributed by atoms with E-state index in [9.17, 15) is 9.59 Å². The predicted octanol–water partition coefficient (Wildman–Crippen LogP) is 5.29. The molecule has 2 N–H and O–H groups in total. The van der Waals surface area contributed by atoms with Gasteiger partial charge in [0.15, 0.2) is 0 Å². The highest BCUT2D eigenvalue weighted by atomic mass is 16.2. The van der Waals surface area contributed by atoms with Crippen LogP contribution < -0.4 is 5.73 Å². The quantitative estimate of drug-likeness (QED) is 0.433. The first-order valence-corrected chi connectivity index (χ1v) is 11.7. The van der Waals surface area contributed by atoms with E-state index in [1.807, 2.05) is 68.4 Å². The van der Waals surface area contributed by atoms with Crippen molar-refractivity contribution in [3.8, 4) is 11.3 Å². The van der Waals surface area contributed by atoms with E-state index in [4.69, 9.17) is 5.73 Å². The third kappa shape index (κ3) is 3.39. The van der Waals surface area contributed by atoms with Crippen molar-refractivity contribution >= 4 is 22.7 Å². The van der Waals surface area contributed by atoms with Crippen molar-refractivity contribution in [3.63, 3.8) is 0 Å². The van der Waals surface area contributed by atoms with Crippen LogP contribution in [0.25, 0.3) is 22.2 Å². The van der Waals surface area contributed by atoms with Crippen LogP contribution in [0.1, 0.15) is 47.8 Å². The van der Waals surface area contributed by atoms with Crippen LogP contribution in [-0.4, -0.2) is 27.3 Å². The van der Waals surface area contributed by atoms with Crippen molar-refractivity contribution in [1.82, 2.24) is 9.47 Å². The molecule has 172 valence electrons. The third-order valence-corrected chi connectivity index (χ3v) is 6.82. The van der Waals surface area contributed by atoms with E-state index in [1.165, 1.54) is 0 Å². The molecule has 0 saturated heterocycles. The minimum Gasteiger partial charge on any atom is -0.368 e. The van der Waals surface area contributed by atoms with Crippen LogP contribution in [0.3, 0.4) is 0 Å². The average Bonchev–Trinajstić information content (AvgIpc) is 3.29. The molecule has 3 aromatic carbocycles. The highest BCUT2D eigenvalue weighted by molar-refractivity contribution is 6.04. The smallest absolute Gasteiger partial charge is 0.255 e. The molecular weight excluding hydrogens is 422 g/mol. The molecule has 2 atom stereocenters. The second-order valence-electron chi connectivity index (χ2n) is 9.45. The number of amides is 2. The maximum absolute atomic E-state index is 13.8. The fourth-order valence-electron chi connectivity index (χ4n) is 5.41. The number of hydrogen-bond donors (Lipinski definition) is 1. The SMILES string of the molecule is CC(C)CC(C(N)=O)N1C(=O)c2ccccc2C1c1c(-c2ccccc2)n(C)c2ccccc12. The summed E-state index contributed by atoms with van der Waals surface area (Å²) in [5, 5.41) is 1.07. The lowest BCUT2D eigenvalue weighted by atomic mass is 9.91. The Labute approximate surface area is 199 Å². The zero-order valence-corrected chi connectivity index (χ0v) is 19.7. The topological polar surface area (TPSA) is 68.3 Å². The molecule has 2 amide bonds. The largest absolute Gasteiger partial charge is 0.368 e. The number of nitrogens with two attached hydrogens (primary N) is 1. The van der Waals surface area contributed by atoms with Gasteiger partial charge in [-0.3, -0.25) is 9.59 Å². The fraction of sp³-hybridized carbons (Fsp3) is 0.241. The Morgan fingerprint density at radius 3 is 2.29 bits per heavy atom. The number of benzene rings is 3. The molecule has 0 radical (unpaired) electrons. The summed E-state index contributed by atoms with van der Waals surface area (Å²) in [6, 6.07) is 25.0. The summed E-state index contributed by atoms with van der Waals surface area (Å²) < 4.78 is 2.19. The number of aromatic nitrogens is 1. The summed E-state index contributed by atoms with van der Waals surface area (Å²) in [7, 11) is 2.06. The summed E-state index contributed by atoms with van der Waals surface area (Å²) in [5.41, 5.74) is 11.7. The van der Waals surface area contributed by atoms with Crippen molar-refractivity contribution in [1.29, 1.82) is 0 Å². The van der Waals surface area contributed by atoms with Gasteiger partial charge in [-0.05, 0) is 35.6 Å². The van der Waals surface area contributed by atoms with Crippen molar-refractivity contribution in [3.05, 3.63) is 95.6 Å². The van der Waals surface area contributed by atoms with Gasteiger partial charge in [0.05, 0.1) is 11.7 Å². The Kier molecular flexibility index (Phi) is 5.48. The molecule has 0 spiro atoms. The predicted molar refractivity (Wildman–Crippen MR) is 135 cm³/mol. The van der Waals surface area contributed by atoms with Crippen LogP contribution in [0.5, 0.6) is 0 Å². The molecule has 5 heteroatoms. The Morgan fingerprint density at radius 2 is 1.59 bits per heavy atom. The van der Waals surface area contributed by atoms with Crippen LogP contribution in [0.15, 0.2) is 78.9 Å². The average molecular weight is 452 g/mol. The number of nitrogens with zero attached hydrogens (tertiary/aromatic N) is 2. The highest BCUT2D eigenvalue weighted by Gasteiger charge is 2.45. The molecule has 0 bridgehead atoms. The number of carbonyl (C=O) groups excluding carboxylic acids is 2. The van der Waals surface area contributed by atoms with Crippen LogP contribution in [0.4, 0.5) is 0 Å². The second kappa shape index (κ2) is 8.49. The minimum absolute atomic E-state index is 0.142. The summed E-state index contributed by atoms with van der Waals surface area (Å²) in [6.45, 7) is 4.10. The van der Waals surface area contributed by atoms with Gasteiger partial charge in [-0.1, -0.05) is 80.6 Å². The lowest BCUT2D eigenvalue weighted by Crippen LogP contribution is -2.47. The highest BCUT2D eigenvalue weighted by Crippen LogP contribution is 2.47. The van der Waals surface area contributed by atoms with Crippen LogP contribution in [0.2, 0.25) is 0 Å². The number of hydrogen-bond acceptors (Lipinski definition) is 2. The zero-order valence-electron chi connectivity index (χ0n) is 19.7. The number of aryl methyl sites for hydroxylation is 1. The molecule has 1 aliphatic heterocycles. The van der Waals surface area contributed by atoms with Crippen molar-refractivity contribution in [2.75, 3.05) is 0 Å². The van der Waals surface area contributed by atoms with Gasteiger partial charge < -0.3 is 15.2 Å². The van der Waals surface area contributed by atoms with Gasteiger partial charge in [0.25, 0.3) is 5.91 Å². The second-order valence-corrected chi connectivity index (χ2v) is 9.45. The molecule has 2 unspecified atom stereocenters. The van der Waals surface area contributed by atoms with E-state index in [-0.39, 0.29) is 11.8 Å². The molecule has 2 heterocycles. The molecule has 0 aliphatic carbocycles. The van der Waals surface area contributed by atoms with Gasteiger partial charge in [-0.2, -0.15) is 0 Å². The molecule has 0 fully saturated rings. The standard InChI is InChI=1S/C29H29N3O2/c1-18(2)17-24(28(30)33)32-27(20-13-7-8-14-21(20)29(32)34)25-22-15-9-10-16-23(22)31(3)26(25)19-11-5-4-6-12-19/h4-16,18,24,27H,17H2,1-3H3,(H2,30,33). The van der Waals surface area contributed by atoms with E-state index in [1.54, 1.807) is 4.90 Å². The lowest BCUT2D eigenvalue weighted by molar-refractivity contribution is -0.123. The number of para-hydroxylation sites is 1. The Morgan fingerprint density at radius 1 is 0.941 bits per heavy atom. The first-order valence-electron chi connectivity index (χ1n) is 11.7. The fourth-order valence-corrected chi connectivity index (χ4v) is 5.41. The molecule has 34 heavy (non-hydrogen) atoms. The maximum atomic E-state index is 13.8. The van der Waals surface area contributed by atoms with Gasteiger partial charge >= 0.3 is 0 Å². The van der Waals surface area contributed by atoms with Gasteiger partial charge in [0.2, 0.25) is 5.91 Å². The number of rotatable bonds is 6.